The summed E-state index contributed by atoms with van der Waals surface area (Å²) in [5.41, 5.74) is 2.02. The molecule has 0 saturated carbocycles. The van der Waals surface area contributed by atoms with E-state index in [0.29, 0.717) is 0 Å². The maximum atomic E-state index is 6.54. The number of hydrogen-bond acceptors (Lipinski definition) is 3. The molecule has 3 nitrogen and oxygen atoms in total. The SMILES string of the molecule is CCCC(OCCCN(C)C)(c1ccccc1)c1ccncc1. The molecule has 0 amide bonds. The van der Waals surface area contributed by atoms with Crippen molar-refractivity contribution < 1.29 is 4.74 Å². The fourth-order valence-corrected chi connectivity index (χ4v) is 3.00. The van der Waals surface area contributed by atoms with Gasteiger partial charge in [0.05, 0.1) is 0 Å². The van der Waals surface area contributed by atoms with Crippen LogP contribution in [0.5, 0.6) is 0 Å². The molecular formula is C20H28N2O. The van der Waals surface area contributed by atoms with Gasteiger partial charge in [0.2, 0.25) is 0 Å². The van der Waals surface area contributed by atoms with Gasteiger partial charge in [-0.15, -0.1) is 0 Å². The highest BCUT2D eigenvalue weighted by Gasteiger charge is 2.34. The van der Waals surface area contributed by atoms with Gasteiger partial charge in [-0.2, -0.15) is 0 Å². The predicted octanol–water partition coefficient (Wildman–Crippen LogP) is 4.09. The topological polar surface area (TPSA) is 25.4 Å². The minimum atomic E-state index is -0.384. The molecule has 124 valence electrons. The van der Waals surface area contributed by atoms with E-state index in [4.69, 9.17) is 4.74 Å². The molecule has 0 aliphatic rings. The van der Waals surface area contributed by atoms with E-state index in [9.17, 15) is 0 Å². The van der Waals surface area contributed by atoms with E-state index < -0.39 is 0 Å². The molecule has 0 aliphatic carbocycles. The minimum Gasteiger partial charge on any atom is -0.365 e. The Kier molecular flexibility index (Phi) is 6.75. The zero-order chi connectivity index (χ0) is 16.5. The maximum Gasteiger partial charge on any atom is 0.118 e. The molecule has 1 aromatic heterocycles. The second-order valence-corrected chi connectivity index (χ2v) is 6.18. The van der Waals surface area contributed by atoms with Crippen LogP contribution in [-0.2, 0) is 10.3 Å². The summed E-state index contributed by atoms with van der Waals surface area (Å²) in [5.74, 6) is 0. The predicted molar refractivity (Wildman–Crippen MR) is 95.5 cm³/mol. The van der Waals surface area contributed by atoms with Gasteiger partial charge in [0.25, 0.3) is 0 Å². The zero-order valence-corrected chi connectivity index (χ0v) is 14.5. The fraction of sp³-hybridized carbons (Fsp3) is 0.450. The molecule has 1 aromatic carbocycles. The van der Waals surface area contributed by atoms with E-state index in [1.807, 2.05) is 12.4 Å². The van der Waals surface area contributed by atoms with Crippen molar-refractivity contribution in [3.63, 3.8) is 0 Å². The van der Waals surface area contributed by atoms with E-state index in [-0.39, 0.29) is 5.60 Å². The summed E-state index contributed by atoms with van der Waals surface area (Å²) in [5, 5.41) is 0. The second-order valence-electron chi connectivity index (χ2n) is 6.18. The van der Waals surface area contributed by atoms with E-state index in [1.54, 1.807) is 0 Å². The molecule has 0 aliphatic heterocycles. The molecule has 23 heavy (non-hydrogen) atoms. The van der Waals surface area contributed by atoms with Crippen LogP contribution in [0.15, 0.2) is 54.9 Å². The number of pyridine rings is 1. The third-order valence-corrected chi connectivity index (χ3v) is 4.09. The Hall–Kier alpha value is -1.71. The number of rotatable bonds is 9. The molecule has 0 bridgehead atoms. The minimum absolute atomic E-state index is 0.384. The van der Waals surface area contributed by atoms with Crippen molar-refractivity contribution in [3.8, 4) is 0 Å². The summed E-state index contributed by atoms with van der Waals surface area (Å²) in [6.45, 7) is 3.99. The summed E-state index contributed by atoms with van der Waals surface area (Å²) >= 11 is 0. The Labute approximate surface area is 140 Å². The van der Waals surface area contributed by atoms with E-state index in [2.05, 4.69) is 73.4 Å². The number of aromatic nitrogens is 1. The van der Waals surface area contributed by atoms with Crippen molar-refractivity contribution >= 4 is 0 Å². The molecule has 1 heterocycles. The first-order valence-corrected chi connectivity index (χ1v) is 8.44. The van der Waals surface area contributed by atoms with E-state index in [1.165, 1.54) is 11.1 Å². The highest BCUT2D eigenvalue weighted by molar-refractivity contribution is 5.35. The van der Waals surface area contributed by atoms with Crippen LogP contribution in [0.4, 0.5) is 0 Å². The van der Waals surface area contributed by atoms with Crippen LogP contribution in [0.25, 0.3) is 0 Å². The Morgan fingerprint density at radius 3 is 2.26 bits per heavy atom. The van der Waals surface area contributed by atoms with Gasteiger partial charge in [-0.3, -0.25) is 4.98 Å². The number of nitrogens with zero attached hydrogens (tertiary/aromatic N) is 2. The van der Waals surface area contributed by atoms with Crippen molar-refractivity contribution in [3.05, 3.63) is 66.0 Å². The molecule has 1 atom stereocenters. The lowest BCUT2D eigenvalue weighted by Gasteiger charge is -2.35. The average Bonchev–Trinajstić information content (AvgIpc) is 2.59. The number of hydrogen-bond donors (Lipinski definition) is 0. The molecule has 1 unspecified atom stereocenters. The first-order valence-electron chi connectivity index (χ1n) is 8.44. The van der Waals surface area contributed by atoms with Crippen molar-refractivity contribution in [2.75, 3.05) is 27.2 Å². The molecule has 0 fully saturated rings. The van der Waals surface area contributed by atoms with Gasteiger partial charge in [-0.1, -0.05) is 43.7 Å². The summed E-state index contributed by atoms with van der Waals surface area (Å²) in [6.07, 6.45) is 6.75. The summed E-state index contributed by atoms with van der Waals surface area (Å²) < 4.78 is 6.54. The molecule has 2 rings (SSSR count). The van der Waals surface area contributed by atoms with Crippen molar-refractivity contribution in [1.29, 1.82) is 0 Å². The maximum absolute atomic E-state index is 6.54. The van der Waals surface area contributed by atoms with Crippen LogP contribution in [0, 0.1) is 0 Å². The Morgan fingerprint density at radius 1 is 1.00 bits per heavy atom. The van der Waals surface area contributed by atoms with Crippen molar-refractivity contribution in [2.45, 2.75) is 31.8 Å². The molecule has 0 saturated heterocycles. The first-order chi connectivity index (χ1) is 11.2. The van der Waals surface area contributed by atoms with Crippen LogP contribution >= 0.6 is 0 Å². The van der Waals surface area contributed by atoms with Crippen LogP contribution in [-0.4, -0.2) is 37.1 Å². The lowest BCUT2D eigenvalue weighted by molar-refractivity contribution is -0.0281. The third kappa shape index (κ3) is 4.63. The van der Waals surface area contributed by atoms with Crippen LogP contribution < -0.4 is 0 Å². The summed E-state index contributed by atoms with van der Waals surface area (Å²) in [4.78, 5) is 6.36. The van der Waals surface area contributed by atoms with Gasteiger partial charge in [0.1, 0.15) is 5.60 Å². The van der Waals surface area contributed by atoms with Gasteiger partial charge >= 0.3 is 0 Å². The molecule has 2 aromatic rings. The Morgan fingerprint density at radius 2 is 1.65 bits per heavy atom. The van der Waals surface area contributed by atoms with Gasteiger partial charge in [0.15, 0.2) is 0 Å². The van der Waals surface area contributed by atoms with Gasteiger partial charge in [0, 0.05) is 19.0 Å². The van der Waals surface area contributed by atoms with Gasteiger partial charge < -0.3 is 9.64 Å². The average molecular weight is 312 g/mol. The lowest BCUT2D eigenvalue weighted by atomic mass is 9.83. The molecule has 0 radical (unpaired) electrons. The van der Waals surface area contributed by atoms with Crippen LogP contribution in [0.2, 0.25) is 0 Å². The second kappa shape index (κ2) is 8.80. The lowest BCUT2D eigenvalue weighted by Crippen LogP contribution is -2.32. The summed E-state index contributed by atoms with van der Waals surface area (Å²) in [6, 6.07) is 14.7. The van der Waals surface area contributed by atoms with Crippen LogP contribution in [0.3, 0.4) is 0 Å². The highest BCUT2D eigenvalue weighted by Crippen LogP contribution is 2.38. The monoisotopic (exact) mass is 312 g/mol. The summed E-state index contributed by atoms with van der Waals surface area (Å²) in [7, 11) is 4.19. The smallest absolute Gasteiger partial charge is 0.118 e. The zero-order valence-electron chi connectivity index (χ0n) is 14.5. The largest absolute Gasteiger partial charge is 0.365 e. The first kappa shape index (κ1) is 17.6. The molecular weight excluding hydrogens is 284 g/mol. The third-order valence-electron chi connectivity index (χ3n) is 4.09. The Balaban J connectivity index is 2.31. The molecule has 0 spiro atoms. The van der Waals surface area contributed by atoms with Crippen molar-refractivity contribution in [2.24, 2.45) is 0 Å². The number of ether oxygens (including phenoxy) is 1. The highest BCUT2D eigenvalue weighted by atomic mass is 16.5. The quantitative estimate of drug-likeness (QED) is 0.652. The molecule has 0 N–H and O–H groups in total. The standard InChI is InChI=1S/C20H28N2O/c1-4-13-20(18-9-6-5-7-10-18,19-11-14-21-15-12-19)23-17-8-16-22(2)3/h5-7,9-12,14-15H,4,8,13,16-17H2,1-3H3. The number of benzene rings is 1. The van der Waals surface area contributed by atoms with Gasteiger partial charge in [-0.25, -0.2) is 0 Å². The van der Waals surface area contributed by atoms with Gasteiger partial charge in [-0.05, 0) is 56.7 Å². The van der Waals surface area contributed by atoms with E-state index >= 15 is 0 Å². The van der Waals surface area contributed by atoms with E-state index in [0.717, 1.165) is 32.4 Å². The fourth-order valence-electron chi connectivity index (χ4n) is 3.00. The molecule has 3 heteroatoms. The normalized spacial score (nSPS) is 13.9. The van der Waals surface area contributed by atoms with Crippen LogP contribution in [0.1, 0.15) is 37.3 Å². The van der Waals surface area contributed by atoms with Crippen molar-refractivity contribution in [1.82, 2.24) is 9.88 Å². The Bertz CT molecular complexity index is 515.